The van der Waals surface area contributed by atoms with Gasteiger partial charge in [-0.2, -0.15) is 5.26 Å². The van der Waals surface area contributed by atoms with Crippen LogP contribution in [0.15, 0.2) is 47.4 Å². The average Bonchev–Trinajstić information content (AvgIpc) is 2.68. The largest absolute Gasteiger partial charge is 0.497 e. The van der Waals surface area contributed by atoms with Gasteiger partial charge in [-0.3, -0.25) is 4.85 Å². The van der Waals surface area contributed by atoms with Crippen molar-refractivity contribution in [3.63, 3.8) is 0 Å². The van der Waals surface area contributed by atoms with Crippen LogP contribution in [0.2, 0.25) is 0 Å². The molecule has 144 valence electrons. The molecule has 6 heteroatoms. The van der Waals surface area contributed by atoms with E-state index in [-0.39, 0.29) is 11.3 Å². The number of ether oxygens (including phenoxy) is 1. The average molecular weight is 394 g/mol. The molecule has 0 saturated heterocycles. The Morgan fingerprint density at radius 3 is 2.57 bits per heavy atom. The first kappa shape index (κ1) is 19.9. The molecule has 2 unspecified atom stereocenters. The zero-order valence-corrected chi connectivity index (χ0v) is 16.8. The molecular formula is C22H22N2O3S. The maximum Gasteiger partial charge on any atom is 0.325 e. The van der Waals surface area contributed by atoms with Gasteiger partial charge in [-0.15, -0.1) is 0 Å². The molecule has 2 aromatic carbocycles. The first-order valence-electron chi connectivity index (χ1n) is 9.12. The number of benzene rings is 2. The van der Waals surface area contributed by atoms with Crippen LogP contribution in [0.25, 0.3) is 4.85 Å². The number of methoxy groups -OCH3 is 1. The molecule has 2 aromatic rings. The lowest BCUT2D eigenvalue weighted by molar-refractivity contribution is 0.399. The molecule has 0 N–H and O–H groups in total. The maximum absolute atomic E-state index is 12.8. The Morgan fingerprint density at radius 2 is 2.00 bits per heavy atom. The van der Waals surface area contributed by atoms with Gasteiger partial charge < -0.3 is 4.74 Å². The maximum atomic E-state index is 12.8. The lowest BCUT2D eigenvalue weighted by Crippen LogP contribution is -2.37. The highest BCUT2D eigenvalue weighted by Crippen LogP contribution is 2.46. The van der Waals surface area contributed by atoms with E-state index in [2.05, 4.69) is 10.9 Å². The molecule has 3 rings (SSSR count). The quantitative estimate of drug-likeness (QED) is 0.660. The standard InChI is InChI=1S/C22H22N2O3S/c1-16-6-9-19(10-7-16)28(25,26)21(24-2)5-4-12-22(15-23)14-17-13-18(27-3)8-11-20(17)22/h6-11,13,21H,4-5,12,14H2,1,3H3. The van der Waals surface area contributed by atoms with Crippen LogP contribution in [0.1, 0.15) is 36.0 Å². The third-order valence-electron chi connectivity index (χ3n) is 5.44. The van der Waals surface area contributed by atoms with Gasteiger partial charge in [-0.1, -0.05) is 23.8 Å². The summed E-state index contributed by atoms with van der Waals surface area (Å²) in [6.07, 6.45) is 1.88. The predicted molar refractivity (Wildman–Crippen MR) is 107 cm³/mol. The molecule has 0 saturated carbocycles. The highest BCUT2D eigenvalue weighted by molar-refractivity contribution is 7.92. The molecule has 1 aliphatic rings. The third kappa shape index (κ3) is 3.48. The van der Waals surface area contributed by atoms with Gasteiger partial charge >= 0.3 is 5.37 Å². The molecule has 0 aliphatic heterocycles. The van der Waals surface area contributed by atoms with Crippen LogP contribution in [-0.4, -0.2) is 20.9 Å². The van der Waals surface area contributed by atoms with E-state index in [4.69, 9.17) is 11.3 Å². The van der Waals surface area contributed by atoms with E-state index >= 15 is 0 Å². The molecular weight excluding hydrogens is 372 g/mol. The van der Waals surface area contributed by atoms with Crippen LogP contribution in [0, 0.1) is 24.8 Å². The Bertz CT molecular complexity index is 1060. The van der Waals surface area contributed by atoms with E-state index in [1.54, 1.807) is 31.4 Å². The summed E-state index contributed by atoms with van der Waals surface area (Å²) in [5, 5.41) is 8.61. The fraction of sp³-hybridized carbons (Fsp3) is 0.364. The fourth-order valence-electron chi connectivity index (χ4n) is 3.76. The number of fused-ring (bicyclic) bond motifs is 1. The number of rotatable bonds is 7. The molecule has 5 nitrogen and oxygen atoms in total. The van der Waals surface area contributed by atoms with Crippen LogP contribution >= 0.6 is 0 Å². The second kappa shape index (κ2) is 7.66. The minimum Gasteiger partial charge on any atom is -0.497 e. The summed E-state index contributed by atoms with van der Waals surface area (Å²) in [6, 6.07) is 14.7. The second-order valence-corrected chi connectivity index (χ2v) is 9.33. The second-order valence-electron chi connectivity index (χ2n) is 7.23. The topological polar surface area (TPSA) is 71.5 Å². The van der Waals surface area contributed by atoms with Crippen LogP contribution < -0.4 is 4.74 Å². The molecule has 0 bridgehead atoms. The van der Waals surface area contributed by atoms with Gasteiger partial charge in [0.05, 0.1) is 23.5 Å². The van der Waals surface area contributed by atoms with Crippen LogP contribution in [0.4, 0.5) is 0 Å². The molecule has 2 atom stereocenters. The number of nitrogens with zero attached hydrogens (tertiary/aromatic N) is 2. The van der Waals surface area contributed by atoms with E-state index < -0.39 is 20.6 Å². The monoisotopic (exact) mass is 394 g/mol. The van der Waals surface area contributed by atoms with E-state index in [0.717, 1.165) is 22.4 Å². The van der Waals surface area contributed by atoms with Gasteiger partial charge in [0, 0.05) is 6.42 Å². The number of nitriles is 1. The highest BCUT2D eigenvalue weighted by atomic mass is 32.2. The fourth-order valence-corrected chi connectivity index (χ4v) is 5.20. The van der Waals surface area contributed by atoms with Crippen molar-refractivity contribution in [2.24, 2.45) is 0 Å². The number of aryl methyl sites for hydroxylation is 1. The Hall–Kier alpha value is -2.83. The highest BCUT2D eigenvalue weighted by Gasteiger charge is 2.43. The molecule has 0 radical (unpaired) electrons. The van der Waals surface area contributed by atoms with Gasteiger partial charge in [0.15, 0.2) is 0 Å². The Kier molecular flexibility index (Phi) is 5.45. The summed E-state index contributed by atoms with van der Waals surface area (Å²) in [5.41, 5.74) is 2.45. The SMILES string of the molecule is [C-]#[N+]C(CCCC1(C#N)Cc2cc(OC)ccc21)S(=O)(=O)c1ccc(C)cc1. The first-order chi connectivity index (χ1) is 13.4. The zero-order valence-electron chi connectivity index (χ0n) is 16.0. The van der Waals surface area contributed by atoms with Crippen molar-refractivity contribution in [1.29, 1.82) is 5.26 Å². The number of hydrogen-bond donors (Lipinski definition) is 0. The minimum atomic E-state index is -3.70. The van der Waals surface area contributed by atoms with Gasteiger partial charge in [0.2, 0.25) is 0 Å². The van der Waals surface area contributed by atoms with Crippen molar-refractivity contribution in [3.05, 3.63) is 70.6 Å². The van der Waals surface area contributed by atoms with Crippen molar-refractivity contribution in [1.82, 2.24) is 0 Å². The molecule has 0 amide bonds. The van der Waals surface area contributed by atoms with Gasteiger partial charge in [0.1, 0.15) is 5.75 Å². The van der Waals surface area contributed by atoms with Crippen molar-refractivity contribution in [3.8, 4) is 11.8 Å². The summed E-state index contributed by atoms with van der Waals surface area (Å²) in [6.45, 7) is 9.26. The minimum absolute atomic E-state index is 0.176. The van der Waals surface area contributed by atoms with Gasteiger partial charge in [-0.25, -0.2) is 15.0 Å². The normalized spacial score (nSPS) is 18.9. The lowest BCUT2D eigenvalue weighted by Gasteiger charge is -2.38. The number of hydrogen-bond acceptors (Lipinski definition) is 4. The van der Waals surface area contributed by atoms with Crippen molar-refractivity contribution in [2.75, 3.05) is 7.11 Å². The van der Waals surface area contributed by atoms with Crippen molar-refractivity contribution in [2.45, 2.75) is 48.3 Å². The summed E-state index contributed by atoms with van der Waals surface area (Å²) >= 11 is 0. The Balaban J connectivity index is 1.70. The molecule has 0 aromatic heterocycles. The van der Waals surface area contributed by atoms with E-state index in [9.17, 15) is 13.7 Å². The molecule has 1 aliphatic carbocycles. The summed E-state index contributed by atoms with van der Waals surface area (Å²) in [5.74, 6) is 0.766. The van der Waals surface area contributed by atoms with Gasteiger partial charge in [0.25, 0.3) is 9.84 Å². The predicted octanol–water partition coefficient (Wildman–Crippen LogP) is 4.21. The third-order valence-corrected chi connectivity index (χ3v) is 7.43. The molecule has 0 fully saturated rings. The Morgan fingerprint density at radius 1 is 1.29 bits per heavy atom. The summed E-state index contributed by atoms with van der Waals surface area (Å²) < 4.78 is 30.7. The summed E-state index contributed by atoms with van der Waals surface area (Å²) in [4.78, 5) is 3.55. The smallest absolute Gasteiger partial charge is 0.325 e. The zero-order chi connectivity index (χ0) is 20.4. The summed E-state index contributed by atoms with van der Waals surface area (Å²) in [7, 11) is -2.10. The number of sulfone groups is 1. The van der Waals surface area contributed by atoms with E-state index in [1.807, 2.05) is 25.1 Å². The van der Waals surface area contributed by atoms with E-state index in [1.165, 1.54) is 0 Å². The van der Waals surface area contributed by atoms with Crippen molar-refractivity contribution < 1.29 is 13.2 Å². The first-order valence-corrected chi connectivity index (χ1v) is 10.7. The lowest BCUT2D eigenvalue weighted by atomic mass is 9.62. The van der Waals surface area contributed by atoms with Crippen LogP contribution in [0.3, 0.4) is 0 Å². The Labute approximate surface area is 166 Å². The molecule has 28 heavy (non-hydrogen) atoms. The molecule has 0 spiro atoms. The van der Waals surface area contributed by atoms with Gasteiger partial charge in [-0.05, 0) is 61.6 Å². The van der Waals surface area contributed by atoms with Crippen LogP contribution in [-0.2, 0) is 21.7 Å². The molecule has 0 heterocycles. The van der Waals surface area contributed by atoms with Crippen molar-refractivity contribution >= 4 is 9.84 Å². The van der Waals surface area contributed by atoms with Crippen LogP contribution in [0.5, 0.6) is 5.75 Å². The van der Waals surface area contributed by atoms with E-state index in [0.29, 0.717) is 19.3 Å².